The second-order valence-corrected chi connectivity index (χ2v) is 9.17. The number of aromatic nitrogens is 4. The van der Waals surface area contributed by atoms with E-state index in [-0.39, 0.29) is 18.6 Å². The van der Waals surface area contributed by atoms with Crippen LogP contribution in [-0.4, -0.2) is 44.3 Å². The molecule has 0 fully saturated rings. The highest BCUT2D eigenvalue weighted by atomic mass is 16.5. The quantitative estimate of drug-likeness (QED) is 0.559. The third-order valence-electron chi connectivity index (χ3n) is 5.93. The van der Waals surface area contributed by atoms with E-state index in [1.54, 1.807) is 0 Å². The molecule has 0 unspecified atom stereocenters. The van der Waals surface area contributed by atoms with Gasteiger partial charge in [-0.1, -0.05) is 13.8 Å². The molecule has 4 rings (SSSR count). The van der Waals surface area contributed by atoms with Crippen LogP contribution in [0.15, 0.2) is 16.5 Å². The molecule has 170 valence electrons. The van der Waals surface area contributed by atoms with Crippen LogP contribution in [0.25, 0.3) is 23.0 Å². The fourth-order valence-electron chi connectivity index (χ4n) is 4.31. The Balaban J connectivity index is 1.57. The van der Waals surface area contributed by atoms with Crippen LogP contribution in [-0.2, 0) is 19.9 Å². The molecular formula is C23H29N5O4. The van der Waals surface area contributed by atoms with Crippen molar-refractivity contribution >= 4 is 6.09 Å². The van der Waals surface area contributed by atoms with Crippen LogP contribution in [0.3, 0.4) is 0 Å². The van der Waals surface area contributed by atoms with Gasteiger partial charge in [0.05, 0.1) is 6.54 Å². The van der Waals surface area contributed by atoms with Crippen molar-refractivity contribution in [1.82, 2.24) is 25.3 Å². The third kappa shape index (κ3) is 4.32. The lowest BCUT2D eigenvalue weighted by Crippen LogP contribution is -2.26. The summed E-state index contributed by atoms with van der Waals surface area (Å²) in [5.74, 6) is 1.59. The lowest BCUT2D eigenvalue weighted by molar-refractivity contribution is 0.191. The Kier molecular flexibility index (Phi) is 5.66. The molecule has 0 atom stereocenters. The van der Waals surface area contributed by atoms with Gasteiger partial charge < -0.3 is 19.6 Å². The van der Waals surface area contributed by atoms with Gasteiger partial charge >= 0.3 is 6.09 Å². The van der Waals surface area contributed by atoms with E-state index in [4.69, 9.17) is 19.4 Å². The zero-order valence-electron chi connectivity index (χ0n) is 19.2. The van der Waals surface area contributed by atoms with E-state index in [1.807, 2.05) is 37.7 Å². The van der Waals surface area contributed by atoms with Crippen LogP contribution >= 0.6 is 0 Å². The lowest BCUT2D eigenvalue weighted by Gasteiger charge is -2.29. The number of nitrogens with zero attached hydrogens (tertiary/aromatic N) is 4. The number of benzene rings is 1. The first-order valence-electron chi connectivity index (χ1n) is 10.7. The first-order chi connectivity index (χ1) is 15.1. The van der Waals surface area contributed by atoms with Crippen molar-refractivity contribution in [3.63, 3.8) is 0 Å². The van der Waals surface area contributed by atoms with E-state index < -0.39 is 6.09 Å². The summed E-state index contributed by atoms with van der Waals surface area (Å²) < 4.78 is 13.7. The molecule has 0 saturated heterocycles. The molecule has 0 aliphatic heterocycles. The van der Waals surface area contributed by atoms with Crippen molar-refractivity contribution in [3.8, 4) is 28.8 Å². The average molecular weight is 440 g/mol. The Hall–Kier alpha value is -3.36. The van der Waals surface area contributed by atoms with Gasteiger partial charge in [0.15, 0.2) is 5.69 Å². The highest BCUT2D eigenvalue weighted by molar-refractivity contribution is 5.64. The highest BCUT2D eigenvalue weighted by Crippen LogP contribution is 2.39. The van der Waals surface area contributed by atoms with Gasteiger partial charge in [0.2, 0.25) is 5.89 Å². The molecule has 0 spiro atoms. The smallest absolute Gasteiger partial charge is 0.404 e. The maximum atomic E-state index is 10.6. The van der Waals surface area contributed by atoms with Gasteiger partial charge in [0, 0.05) is 23.9 Å². The number of nitrogens with one attached hydrogen (secondary N) is 1. The monoisotopic (exact) mass is 439 g/mol. The molecular weight excluding hydrogens is 410 g/mol. The molecule has 2 aromatic heterocycles. The maximum absolute atomic E-state index is 10.6. The summed E-state index contributed by atoms with van der Waals surface area (Å²) in [6.07, 6.45) is 1.96. The van der Waals surface area contributed by atoms with Crippen molar-refractivity contribution in [3.05, 3.63) is 34.5 Å². The van der Waals surface area contributed by atoms with Crippen molar-refractivity contribution in [2.75, 3.05) is 13.2 Å². The van der Waals surface area contributed by atoms with E-state index in [0.29, 0.717) is 11.8 Å². The molecule has 0 bridgehead atoms. The normalized spacial score (nSPS) is 14.8. The standard InChI is InChI=1S/C23H29N5O4/c1-13-10-15(11-14(2)19(13)31-9-8-24-22(29)30)20-25-26-21(32-20)18-16-6-7-23(3,4)12-17(16)28(5)27-18/h10-11,24H,6-9,12H2,1-5H3,(H,29,30). The lowest BCUT2D eigenvalue weighted by atomic mass is 9.76. The van der Waals surface area contributed by atoms with Crippen LogP contribution < -0.4 is 10.1 Å². The molecule has 1 aromatic carbocycles. The zero-order chi connectivity index (χ0) is 23.0. The number of carbonyl (C=O) groups is 1. The Labute approximate surface area is 186 Å². The summed E-state index contributed by atoms with van der Waals surface area (Å²) in [5.41, 5.74) is 6.10. The molecule has 2 heterocycles. The van der Waals surface area contributed by atoms with Crippen LogP contribution in [0.5, 0.6) is 5.75 Å². The molecule has 32 heavy (non-hydrogen) atoms. The number of aryl methyl sites for hydroxylation is 3. The predicted molar refractivity (Wildman–Crippen MR) is 119 cm³/mol. The first-order valence-corrected chi connectivity index (χ1v) is 10.7. The molecule has 9 nitrogen and oxygen atoms in total. The molecule has 9 heteroatoms. The third-order valence-corrected chi connectivity index (χ3v) is 5.93. The van der Waals surface area contributed by atoms with E-state index in [9.17, 15) is 4.79 Å². The topological polar surface area (TPSA) is 115 Å². The van der Waals surface area contributed by atoms with Gasteiger partial charge in [-0.3, -0.25) is 4.68 Å². The van der Waals surface area contributed by atoms with E-state index in [2.05, 4.69) is 29.4 Å². The highest BCUT2D eigenvalue weighted by Gasteiger charge is 2.32. The van der Waals surface area contributed by atoms with E-state index in [1.165, 1.54) is 11.3 Å². The number of fused-ring (bicyclic) bond motifs is 1. The molecule has 2 N–H and O–H groups in total. The Morgan fingerprint density at radius 3 is 2.62 bits per heavy atom. The van der Waals surface area contributed by atoms with Gasteiger partial charge in [0.1, 0.15) is 12.4 Å². The van der Waals surface area contributed by atoms with Gasteiger partial charge in [-0.25, -0.2) is 4.79 Å². The molecule has 1 aliphatic rings. The Bertz CT molecular complexity index is 1140. The van der Waals surface area contributed by atoms with Crippen molar-refractivity contribution < 1.29 is 19.1 Å². The number of carboxylic acid groups (broad SMARTS) is 1. The largest absolute Gasteiger partial charge is 0.491 e. The molecule has 3 aromatic rings. The van der Waals surface area contributed by atoms with E-state index >= 15 is 0 Å². The van der Waals surface area contributed by atoms with Crippen LogP contribution in [0.1, 0.15) is 42.7 Å². The SMILES string of the molecule is Cc1cc(-c2nnc(-c3nn(C)c4c3CCC(C)(C)C4)o2)cc(C)c1OCCNC(=O)O. The minimum Gasteiger partial charge on any atom is -0.491 e. The average Bonchev–Trinajstić information content (AvgIpc) is 3.31. The summed E-state index contributed by atoms with van der Waals surface area (Å²) in [6, 6.07) is 3.86. The fraction of sp³-hybridized carbons (Fsp3) is 0.478. The summed E-state index contributed by atoms with van der Waals surface area (Å²) in [5, 5.41) is 24.2. The van der Waals surface area contributed by atoms with Crippen molar-refractivity contribution in [2.45, 2.75) is 47.0 Å². The predicted octanol–water partition coefficient (Wildman–Crippen LogP) is 3.92. The zero-order valence-corrected chi connectivity index (χ0v) is 19.2. The minimum absolute atomic E-state index is 0.217. The summed E-state index contributed by atoms with van der Waals surface area (Å²) in [4.78, 5) is 10.6. The van der Waals surface area contributed by atoms with Crippen LogP contribution in [0.4, 0.5) is 4.79 Å². The summed E-state index contributed by atoms with van der Waals surface area (Å²) in [7, 11) is 1.97. The second kappa shape index (κ2) is 8.29. The van der Waals surface area contributed by atoms with Gasteiger partial charge in [0.25, 0.3) is 5.89 Å². The van der Waals surface area contributed by atoms with Gasteiger partial charge in [-0.2, -0.15) is 5.10 Å². The number of ether oxygens (including phenoxy) is 1. The van der Waals surface area contributed by atoms with Crippen LogP contribution in [0.2, 0.25) is 0 Å². The number of rotatable bonds is 6. The van der Waals surface area contributed by atoms with Crippen LogP contribution in [0, 0.1) is 19.3 Å². The van der Waals surface area contributed by atoms with Crippen molar-refractivity contribution in [2.24, 2.45) is 12.5 Å². The number of amides is 1. The first kappa shape index (κ1) is 21.9. The van der Waals surface area contributed by atoms with Crippen molar-refractivity contribution in [1.29, 1.82) is 0 Å². The minimum atomic E-state index is -1.07. The van der Waals surface area contributed by atoms with Gasteiger partial charge in [-0.05, 0) is 61.8 Å². The van der Waals surface area contributed by atoms with E-state index in [0.717, 1.165) is 47.4 Å². The fourth-order valence-corrected chi connectivity index (χ4v) is 4.31. The summed E-state index contributed by atoms with van der Waals surface area (Å²) >= 11 is 0. The number of hydrogen-bond acceptors (Lipinski definition) is 6. The maximum Gasteiger partial charge on any atom is 0.404 e. The number of hydrogen-bond donors (Lipinski definition) is 2. The molecule has 1 aliphatic carbocycles. The van der Waals surface area contributed by atoms with Gasteiger partial charge in [-0.15, -0.1) is 10.2 Å². The molecule has 1 amide bonds. The Morgan fingerprint density at radius 1 is 1.25 bits per heavy atom. The molecule has 0 saturated carbocycles. The summed E-state index contributed by atoms with van der Waals surface area (Å²) in [6.45, 7) is 8.91. The molecule has 0 radical (unpaired) electrons. The Morgan fingerprint density at radius 2 is 1.94 bits per heavy atom. The second-order valence-electron chi connectivity index (χ2n) is 9.17.